The molecule has 0 spiro atoms. The summed E-state index contributed by atoms with van der Waals surface area (Å²) in [6, 6.07) is 20.5. The number of ether oxygens (including phenoxy) is 1. The van der Waals surface area contributed by atoms with Gasteiger partial charge in [0.25, 0.3) is 0 Å². The molecule has 3 aromatic rings. The maximum absolute atomic E-state index is 5.79. The Balaban J connectivity index is 1.45. The zero-order valence-corrected chi connectivity index (χ0v) is 15.4. The maximum Gasteiger partial charge on any atom is 0.120 e. The molecule has 0 bridgehead atoms. The molecule has 1 aromatic heterocycles. The van der Waals surface area contributed by atoms with Crippen molar-refractivity contribution < 1.29 is 4.74 Å². The number of nitrogens with one attached hydrogen (secondary N) is 1. The summed E-state index contributed by atoms with van der Waals surface area (Å²) in [6.07, 6.45) is 3.79. The molecule has 0 aliphatic rings. The average molecular weight is 366 g/mol. The van der Waals surface area contributed by atoms with E-state index >= 15 is 0 Å². The van der Waals surface area contributed by atoms with Crippen LogP contribution in [0.4, 0.5) is 0 Å². The van der Waals surface area contributed by atoms with Crippen LogP contribution in [0.5, 0.6) is 5.75 Å². The van der Waals surface area contributed by atoms with Crippen LogP contribution in [-0.4, -0.2) is 24.0 Å². The number of thioether (sulfide) groups is 1. The molecule has 3 rings (SSSR count). The summed E-state index contributed by atoms with van der Waals surface area (Å²) in [5, 5.41) is 3.40. The van der Waals surface area contributed by atoms with Crippen molar-refractivity contribution in [1.82, 2.24) is 10.3 Å². The first kappa shape index (κ1) is 18.5. The van der Waals surface area contributed by atoms with Gasteiger partial charge >= 0.3 is 0 Å². The normalized spacial score (nSPS) is 10.7. The van der Waals surface area contributed by atoms with Gasteiger partial charge in [0.1, 0.15) is 12.4 Å². The van der Waals surface area contributed by atoms with Crippen LogP contribution >= 0.6 is 11.8 Å². The number of aromatic nitrogens is 1. The molecule has 4 nitrogen and oxygen atoms in total. The molecule has 5 heteroatoms. The summed E-state index contributed by atoms with van der Waals surface area (Å²) in [7, 11) is 0. The van der Waals surface area contributed by atoms with Crippen LogP contribution < -0.4 is 15.8 Å². The molecular weight excluding hydrogens is 342 g/mol. The van der Waals surface area contributed by atoms with E-state index in [1.807, 2.05) is 54.9 Å². The van der Waals surface area contributed by atoms with Crippen molar-refractivity contribution in [3.63, 3.8) is 0 Å². The number of nitrogens with two attached hydrogens (primary N) is 1. The molecule has 1 heterocycles. The van der Waals surface area contributed by atoms with E-state index in [1.165, 1.54) is 5.56 Å². The lowest BCUT2D eigenvalue weighted by Gasteiger charge is -2.09. The number of hydrogen-bond acceptors (Lipinski definition) is 5. The van der Waals surface area contributed by atoms with E-state index in [1.54, 1.807) is 11.8 Å². The maximum atomic E-state index is 5.79. The summed E-state index contributed by atoms with van der Waals surface area (Å²) >= 11 is 1.61. The first-order chi connectivity index (χ1) is 12.8. The largest absolute Gasteiger partial charge is 0.492 e. The monoisotopic (exact) mass is 365 g/mol. The Morgan fingerprint density at radius 3 is 2.69 bits per heavy atom. The highest BCUT2D eigenvalue weighted by molar-refractivity contribution is 7.99. The minimum Gasteiger partial charge on any atom is -0.492 e. The van der Waals surface area contributed by atoms with E-state index < -0.39 is 0 Å². The van der Waals surface area contributed by atoms with E-state index in [0.717, 1.165) is 34.9 Å². The van der Waals surface area contributed by atoms with Gasteiger partial charge in [-0.3, -0.25) is 4.98 Å². The van der Waals surface area contributed by atoms with Gasteiger partial charge in [0.2, 0.25) is 0 Å². The number of pyridine rings is 1. The average Bonchev–Trinajstić information content (AvgIpc) is 2.69. The fourth-order valence-corrected chi connectivity index (χ4v) is 3.16. The molecule has 0 aliphatic carbocycles. The van der Waals surface area contributed by atoms with Crippen LogP contribution in [0.3, 0.4) is 0 Å². The van der Waals surface area contributed by atoms with Crippen LogP contribution in [0.2, 0.25) is 0 Å². The first-order valence-corrected chi connectivity index (χ1v) is 9.59. The fraction of sp³-hybridized carbons (Fsp3) is 0.190. The summed E-state index contributed by atoms with van der Waals surface area (Å²) in [6.45, 7) is 2.15. The van der Waals surface area contributed by atoms with E-state index in [9.17, 15) is 0 Å². The van der Waals surface area contributed by atoms with Gasteiger partial charge in [-0.2, -0.15) is 0 Å². The molecule has 0 fully saturated rings. The fourth-order valence-electron chi connectivity index (χ4n) is 2.60. The predicted molar refractivity (Wildman–Crippen MR) is 108 cm³/mol. The Bertz CT molecular complexity index is 811. The van der Waals surface area contributed by atoms with E-state index in [-0.39, 0.29) is 0 Å². The van der Waals surface area contributed by atoms with Crippen molar-refractivity contribution in [2.75, 3.05) is 19.0 Å². The van der Waals surface area contributed by atoms with Gasteiger partial charge in [-0.05, 0) is 35.4 Å². The molecule has 0 unspecified atom stereocenters. The number of nitrogens with zero attached hydrogens (tertiary/aromatic N) is 1. The minimum atomic E-state index is 0.571. The number of rotatable bonds is 9. The Morgan fingerprint density at radius 1 is 0.962 bits per heavy atom. The lowest BCUT2D eigenvalue weighted by atomic mass is 10.1. The van der Waals surface area contributed by atoms with E-state index in [0.29, 0.717) is 12.5 Å². The predicted octanol–water partition coefficient (Wildman–Crippen LogP) is 3.93. The summed E-state index contributed by atoms with van der Waals surface area (Å²) in [5.41, 5.74) is 9.04. The van der Waals surface area contributed by atoms with Crippen LogP contribution in [0.15, 0.2) is 78.0 Å². The van der Waals surface area contributed by atoms with E-state index in [4.69, 9.17) is 10.5 Å². The molecule has 0 radical (unpaired) electrons. The zero-order valence-electron chi connectivity index (χ0n) is 14.6. The standard InChI is InChI=1S/C21H23N3OS/c22-16-26-21-8-4-7-20(12-21)25-10-9-23-13-17-11-19(15-24-14-17)18-5-2-1-3-6-18/h1-8,11-12,14-15,23H,9-10,13,16,22H2. The van der Waals surface area contributed by atoms with Crippen LogP contribution in [-0.2, 0) is 6.54 Å². The minimum absolute atomic E-state index is 0.571. The van der Waals surface area contributed by atoms with Crippen LogP contribution in [0.25, 0.3) is 11.1 Å². The van der Waals surface area contributed by atoms with Crippen molar-refractivity contribution in [3.05, 3.63) is 78.6 Å². The highest BCUT2D eigenvalue weighted by atomic mass is 32.2. The second kappa shape index (κ2) is 9.97. The highest BCUT2D eigenvalue weighted by Gasteiger charge is 2.01. The molecular formula is C21H23N3OS. The van der Waals surface area contributed by atoms with Crippen molar-refractivity contribution >= 4 is 11.8 Å². The van der Waals surface area contributed by atoms with Gasteiger partial charge in [-0.1, -0.05) is 36.4 Å². The molecule has 134 valence electrons. The Morgan fingerprint density at radius 2 is 1.85 bits per heavy atom. The zero-order chi connectivity index (χ0) is 18.0. The molecule has 2 aromatic carbocycles. The molecule has 0 saturated carbocycles. The second-order valence-electron chi connectivity index (χ2n) is 5.76. The number of hydrogen-bond donors (Lipinski definition) is 2. The Labute approximate surface area is 158 Å². The van der Waals surface area contributed by atoms with Crippen molar-refractivity contribution in [3.8, 4) is 16.9 Å². The SMILES string of the molecule is NCSc1cccc(OCCNCc2cncc(-c3ccccc3)c2)c1. The highest BCUT2D eigenvalue weighted by Crippen LogP contribution is 2.21. The van der Waals surface area contributed by atoms with Crippen molar-refractivity contribution in [2.24, 2.45) is 5.73 Å². The third-order valence-corrected chi connectivity index (χ3v) is 4.59. The van der Waals surface area contributed by atoms with Gasteiger partial charge < -0.3 is 15.8 Å². The van der Waals surface area contributed by atoms with Crippen LogP contribution in [0.1, 0.15) is 5.56 Å². The lowest BCUT2D eigenvalue weighted by Crippen LogP contribution is -2.20. The third kappa shape index (κ3) is 5.59. The van der Waals surface area contributed by atoms with Gasteiger partial charge in [0.05, 0.1) is 0 Å². The topological polar surface area (TPSA) is 60.2 Å². The first-order valence-electron chi connectivity index (χ1n) is 8.61. The third-order valence-electron chi connectivity index (χ3n) is 3.83. The molecule has 0 amide bonds. The molecule has 26 heavy (non-hydrogen) atoms. The van der Waals surface area contributed by atoms with Gasteiger partial charge in [0.15, 0.2) is 0 Å². The van der Waals surface area contributed by atoms with Gasteiger partial charge in [0, 0.05) is 41.8 Å². The molecule has 3 N–H and O–H groups in total. The summed E-state index contributed by atoms with van der Waals surface area (Å²) in [4.78, 5) is 5.48. The molecule has 0 saturated heterocycles. The smallest absolute Gasteiger partial charge is 0.120 e. The van der Waals surface area contributed by atoms with Crippen molar-refractivity contribution in [2.45, 2.75) is 11.4 Å². The second-order valence-corrected chi connectivity index (χ2v) is 6.85. The van der Waals surface area contributed by atoms with Crippen LogP contribution in [0, 0.1) is 0 Å². The number of benzene rings is 2. The quantitative estimate of drug-likeness (QED) is 0.342. The van der Waals surface area contributed by atoms with Gasteiger partial charge in [-0.25, -0.2) is 0 Å². The molecule has 0 aliphatic heterocycles. The summed E-state index contributed by atoms with van der Waals surface area (Å²) < 4.78 is 5.79. The van der Waals surface area contributed by atoms with Crippen molar-refractivity contribution in [1.29, 1.82) is 0 Å². The lowest BCUT2D eigenvalue weighted by molar-refractivity contribution is 0.313. The molecule has 0 atom stereocenters. The Hall–Kier alpha value is -2.34. The summed E-state index contributed by atoms with van der Waals surface area (Å²) in [5.74, 6) is 1.44. The Kier molecular flexibility index (Phi) is 7.07. The van der Waals surface area contributed by atoms with E-state index in [2.05, 4.69) is 28.5 Å². The van der Waals surface area contributed by atoms with Gasteiger partial charge in [-0.15, -0.1) is 11.8 Å².